The summed E-state index contributed by atoms with van der Waals surface area (Å²) < 4.78 is 10.1. The van der Waals surface area contributed by atoms with Crippen LogP contribution in [-0.4, -0.2) is 55.8 Å². The van der Waals surface area contributed by atoms with Gasteiger partial charge in [-0.2, -0.15) is 5.26 Å². The lowest BCUT2D eigenvalue weighted by Gasteiger charge is -2.19. The molecule has 2 atom stereocenters. The van der Waals surface area contributed by atoms with Crippen molar-refractivity contribution in [2.24, 2.45) is 0 Å². The average molecular weight is 494 g/mol. The summed E-state index contributed by atoms with van der Waals surface area (Å²) in [5.41, 5.74) is 1.88. The topological polar surface area (TPSA) is 150 Å². The van der Waals surface area contributed by atoms with Crippen molar-refractivity contribution in [3.8, 4) is 6.07 Å². The lowest BCUT2D eigenvalue weighted by molar-refractivity contribution is -0.145. The number of benzene rings is 2. The molecule has 11 heteroatoms. The van der Waals surface area contributed by atoms with Crippen LogP contribution in [0, 0.1) is 11.3 Å². The second kappa shape index (κ2) is 12.8. The second-order valence-electron chi connectivity index (χ2n) is 7.85. The SMILES string of the molecule is CCOC(=O)C(CNC(=O)NC1CCN(c2ccc(C#N)cc2)C1=O)NC(=O)OCc1ccccc1. The normalized spacial score (nSPS) is 15.4. The van der Waals surface area contributed by atoms with E-state index in [1.54, 1.807) is 55.5 Å². The van der Waals surface area contributed by atoms with E-state index in [1.807, 2.05) is 12.1 Å². The molecule has 2 unspecified atom stereocenters. The van der Waals surface area contributed by atoms with Gasteiger partial charge in [0.1, 0.15) is 18.7 Å². The Balaban J connectivity index is 1.50. The highest BCUT2D eigenvalue weighted by molar-refractivity contribution is 6.01. The number of ether oxygens (including phenoxy) is 2. The van der Waals surface area contributed by atoms with Gasteiger partial charge in [-0.15, -0.1) is 0 Å². The van der Waals surface area contributed by atoms with Crippen molar-refractivity contribution in [1.82, 2.24) is 16.0 Å². The number of amides is 4. The van der Waals surface area contributed by atoms with Crippen LogP contribution in [0.25, 0.3) is 0 Å². The lowest BCUT2D eigenvalue weighted by Crippen LogP contribution is -2.53. The predicted octanol–water partition coefficient (Wildman–Crippen LogP) is 1.82. The standard InChI is InChI=1S/C25H27N5O6/c1-2-35-23(32)21(29-25(34)36-16-18-6-4-3-5-7-18)15-27-24(33)28-20-12-13-30(22(20)31)19-10-8-17(14-26)9-11-19/h3-11,20-21H,2,12-13,15-16H2,1H3,(H,29,34)(H2,27,28,33). The quantitative estimate of drug-likeness (QED) is 0.451. The van der Waals surface area contributed by atoms with Crippen molar-refractivity contribution < 1.29 is 28.7 Å². The summed E-state index contributed by atoms with van der Waals surface area (Å²) in [6, 6.07) is 15.0. The third-order valence-electron chi connectivity index (χ3n) is 5.36. The number of esters is 1. The molecular formula is C25H27N5O6. The molecular weight excluding hydrogens is 466 g/mol. The lowest BCUT2D eigenvalue weighted by atomic mass is 10.2. The van der Waals surface area contributed by atoms with Gasteiger partial charge in [0, 0.05) is 12.2 Å². The Kier molecular flexibility index (Phi) is 9.22. The maximum Gasteiger partial charge on any atom is 0.408 e. The Morgan fingerprint density at radius 1 is 1.11 bits per heavy atom. The fourth-order valence-electron chi connectivity index (χ4n) is 3.53. The van der Waals surface area contributed by atoms with Crippen LogP contribution in [0.2, 0.25) is 0 Å². The molecule has 3 N–H and O–H groups in total. The molecule has 0 aromatic heterocycles. The molecule has 4 amide bonds. The number of alkyl carbamates (subject to hydrolysis) is 1. The molecule has 3 rings (SSSR count). The highest BCUT2D eigenvalue weighted by Gasteiger charge is 2.34. The fourth-order valence-corrected chi connectivity index (χ4v) is 3.53. The molecule has 0 aliphatic carbocycles. The van der Waals surface area contributed by atoms with Gasteiger partial charge in [-0.05, 0) is 43.2 Å². The van der Waals surface area contributed by atoms with Gasteiger partial charge in [0.15, 0.2) is 0 Å². The zero-order chi connectivity index (χ0) is 25.9. The van der Waals surface area contributed by atoms with Crippen molar-refractivity contribution in [2.45, 2.75) is 32.0 Å². The zero-order valence-electron chi connectivity index (χ0n) is 19.7. The number of nitriles is 1. The van der Waals surface area contributed by atoms with Gasteiger partial charge in [-0.25, -0.2) is 14.4 Å². The molecule has 2 aromatic rings. The number of nitrogens with one attached hydrogen (secondary N) is 3. The highest BCUT2D eigenvalue weighted by Crippen LogP contribution is 2.22. The van der Waals surface area contributed by atoms with Crippen LogP contribution in [0.5, 0.6) is 0 Å². The number of carbonyl (C=O) groups is 4. The summed E-state index contributed by atoms with van der Waals surface area (Å²) in [6.07, 6.45) is -0.458. The van der Waals surface area contributed by atoms with Gasteiger partial charge in [-0.1, -0.05) is 30.3 Å². The van der Waals surface area contributed by atoms with E-state index in [-0.39, 0.29) is 25.7 Å². The number of urea groups is 1. The molecule has 0 bridgehead atoms. The third-order valence-corrected chi connectivity index (χ3v) is 5.36. The van der Waals surface area contributed by atoms with Crippen LogP contribution in [0.1, 0.15) is 24.5 Å². The van der Waals surface area contributed by atoms with E-state index >= 15 is 0 Å². The summed E-state index contributed by atoms with van der Waals surface area (Å²) in [6.45, 7) is 1.84. The van der Waals surface area contributed by atoms with Crippen molar-refractivity contribution >= 4 is 29.7 Å². The Morgan fingerprint density at radius 2 is 1.83 bits per heavy atom. The molecule has 0 spiro atoms. The van der Waals surface area contributed by atoms with Crippen LogP contribution in [-0.2, 0) is 25.7 Å². The van der Waals surface area contributed by atoms with Gasteiger partial charge >= 0.3 is 18.1 Å². The van der Waals surface area contributed by atoms with Crippen molar-refractivity contribution in [1.29, 1.82) is 5.26 Å². The molecule has 36 heavy (non-hydrogen) atoms. The Morgan fingerprint density at radius 3 is 2.50 bits per heavy atom. The van der Waals surface area contributed by atoms with Crippen LogP contribution < -0.4 is 20.9 Å². The van der Waals surface area contributed by atoms with E-state index in [2.05, 4.69) is 16.0 Å². The first-order chi connectivity index (χ1) is 17.4. The van der Waals surface area contributed by atoms with Crippen LogP contribution in [0.15, 0.2) is 54.6 Å². The van der Waals surface area contributed by atoms with E-state index in [0.717, 1.165) is 5.56 Å². The molecule has 0 radical (unpaired) electrons. The number of rotatable bonds is 9. The number of hydrogen-bond acceptors (Lipinski definition) is 7. The molecule has 1 fully saturated rings. The maximum atomic E-state index is 12.7. The van der Waals surface area contributed by atoms with Crippen LogP contribution in [0.4, 0.5) is 15.3 Å². The van der Waals surface area contributed by atoms with Crippen molar-refractivity contribution in [2.75, 3.05) is 24.6 Å². The summed E-state index contributed by atoms with van der Waals surface area (Å²) in [4.78, 5) is 51.1. The Bertz CT molecular complexity index is 1120. The molecule has 1 aliphatic rings. The minimum absolute atomic E-state index is 0.00959. The zero-order valence-corrected chi connectivity index (χ0v) is 19.7. The first-order valence-electron chi connectivity index (χ1n) is 11.4. The number of nitrogens with zero attached hydrogens (tertiary/aromatic N) is 2. The number of carbonyl (C=O) groups excluding carboxylic acids is 4. The highest BCUT2D eigenvalue weighted by atomic mass is 16.6. The van der Waals surface area contributed by atoms with Gasteiger partial charge in [-0.3, -0.25) is 4.79 Å². The van der Waals surface area contributed by atoms with E-state index in [0.29, 0.717) is 24.2 Å². The summed E-state index contributed by atoms with van der Waals surface area (Å²) in [5, 5.41) is 16.4. The Hall–Kier alpha value is -4.59. The monoisotopic (exact) mass is 493 g/mol. The molecule has 1 heterocycles. The third kappa shape index (κ3) is 7.20. The summed E-state index contributed by atoms with van der Waals surface area (Å²) in [5.74, 6) is -1.03. The predicted molar refractivity (Wildman–Crippen MR) is 129 cm³/mol. The van der Waals surface area contributed by atoms with E-state index in [4.69, 9.17) is 14.7 Å². The van der Waals surface area contributed by atoms with Gasteiger partial charge in [0.05, 0.1) is 24.8 Å². The average Bonchev–Trinajstić information content (AvgIpc) is 3.25. The molecule has 0 saturated carbocycles. The molecule has 1 saturated heterocycles. The fraction of sp³-hybridized carbons (Fsp3) is 0.320. The Labute approximate surface area is 208 Å². The largest absolute Gasteiger partial charge is 0.464 e. The molecule has 2 aromatic carbocycles. The van der Waals surface area contributed by atoms with Crippen LogP contribution in [0.3, 0.4) is 0 Å². The van der Waals surface area contributed by atoms with E-state index < -0.39 is 30.2 Å². The number of hydrogen-bond donors (Lipinski definition) is 3. The maximum absolute atomic E-state index is 12.7. The number of anilines is 1. The van der Waals surface area contributed by atoms with Gasteiger partial charge < -0.3 is 30.3 Å². The van der Waals surface area contributed by atoms with Gasteiger partial charge in [0.25, 0.3) is 0 Å². The minimum Gasteiger partial charge on any atom is -0.464 e. The smallest absolute Gasteiger partial charge is 0.408 e. The van der Waals surface area contributed by atoms with E-state index in [1.165, 1.54) is 4.90 Å². The van der Waals surface area contributed by atoms with E-state index in [9.17, 15) is 19.2 Å². The van der Waals surface area contributed by atoms with Crippen LogP contribution >= 0.6 is 0 Å². The summed E-state index contributed by atoms with van der Waals surface area (Å²) in [7, 11) is 0. The summed E-state index contributed by atoms with van der Waals surface area (Å²) >= 11 is 0. The first-order valence-corrected chi connectivity index (χ1v) is 11.4. The molecule has 188 valence electrons. The van der Waals surface area contributed by atoms with Gasteiger partial charge in [0.2, 0.25) is 5.91 Å². The van der Waals surface area contributed by atoms with Crippen molar-refractivity contribution in [3.63, 3.8) is 0 Å². The van der Waals surface area contributed by atoms with Crippen molar-refractivity contribution in [3.05, 3.63) is 65.7 Å². The molecule has 11 nitrogen and oxygen atoms in total. The molecule has 1 aliphatic heterocycles. The first kappa shape index (κ1) is 26.0. The second-order valence-corrected chi connectivity index (χ2v) is 7.85. The minimum atomic E-state index is -1.19.